The Morgan fingerprint density at radius 1 is 1.12 bits per heavy atom. The third kappa shape index (κ3) is 5.05. The second-order valence-corrected chi connectivity index (χ2v) is 10.2. The molecule has 3 aromatic rings. The Labute approximate surface area is 199 Å². The van der Waals surface area contributed by atoms with Gasteiger partial charge in [-0.25, -0.2) is 8.42 Å². The van der Waals surface area contributed by atoms with Gasteiger partial charge in [0, 0.05) is 19.9 Å². The molecule has 0 radical (unpaired) electrons. The van der Waals surface area contributed by atoms with Crippen molar-refractivity contribution in [3.63, 3.8) is 0 Å². The lowest BCUT2D eigenvalue weighted by Crippen LogP contribution is -2.42. The van der Waals surface area contributed by atoms with Gasteiger partial charge >= 0.3 is 0 Å². The van der Waals surface area contributed by atoms with Gasteiger partial charge in [0.25, 0.3) is 0 Å². The van der Waals surface area contributed by atoms with E-state index in [4.69, 9.17) is 4.42 Å². The number of aryl methyl sites for hydroxylation is 1. The maximum Gasteiger partial charge on any atom is 0.245 e. The van der Waals surface area contributed by atoms with Crippen molar-refractivity contribution in [3.05, 3.63) is 83.3 Å². The van der Waals surface area contributed by atoms with Gasteiger partial charge < -0.3 is 15.1 Å². The lowest BCUT2D eigenvalue weighted by Gasteiger charge is -2.36. The first-order valence-corrected chi connectivity index (χ1v) is 12.5. The summed E-state index contributed by atoms with van der Waals surface area (Å²) in [4.78, 5) is 24.6. The number of sulfonamides is 1. The molecule has 1 aromatic heterocycles. The maximum atomic E-state index is 13.9. The number of hydrogen-bond acceptors (Lipinski definition) is 5. The summed E-state index contributed by atoms with van der Waals surface area (Å²) < 4.78 is 34.5. The molecule has 0 saturated heterocycles. The van der Waals surface area contributed by atoms with Crippen molar-refractivity contribution in [3.8, 4) is 0 Å². The zero-order valence-corrected chi connectivity index (χ0v) is 19.9. The first kappa shape index (κ1) is 23.7. The largest absolute Gasteiger partial charge is 0.467 e. The van der Waals surface area contributed by atoms with Crippen LogP contribution in [0.5, 0.6) is 0 Å². The summed E-state index contributed by atoms with van der Waals surface area (Å²) in [5.74, 6) is -0.0376. The number of furan rings is 1. The third-order valence-corrected chi connectivity index (χ3v) is 7.76. The van der Waals surface area contributed by atoms with Gasteiger partial charge in [0.1, 0.15) is 10.7 Å². The van der Waals surface area contributed by atoms with Crippen LogP contribution < -0.4 is 10.6 Å². The topological polar surface area (TPSA) is 109 Å². The van der Waals surface area contributed by atoms with E-state index in [1.165, 1.54) is 17.5 Å². The highest BCUT2D eigenvalue weighted by Gasteiger charge is 2.38. The molecule has 0 saturated carbocycles. The number of hydrogen-bond donors (Lipinski definition) is 2. The van der Waals surface area contributed by atoms with E-state index < -0.39 is 16.1 Å². The van der Waals surface area contributed by atoms with Gasteiger partial charge in [0.05, 0.1) is 24.5 Å². The lowest BCUT2D eigenvalue weighted by atomic mass is 9.92. The Morgan fingerprint density at radius 3 is 2.65 bits per heavy atom. The molecule has 0 fully saturated rings. The molecule has 1 atom stereocenters. The molecule has 1 aliphatic rings. The van der Waals surface area contributed by atoms with Gasteiger partial charge in [-0.15, -0.1) is 0 Å². The van der Waals surface area contributed by atoms with Gasteiger partial charge in [-0.2, -0.15) is 4.31 Å². The smallest absolute Gasteiger partial charge is 0.245 e. The van der Waals surface area contributed by atoms with Crippen molar-refractivity contribution in [1.29, 1.82) is 0 Å². The monoisotopic (exact) mass is 481 g/mol. The van der Waals surface area contributed by atoms with Crippen LogP contribution in [0, 0.1) is 6.92 Å². The van der Waals surface area contributed by atoms with E-state index in [0.717, 1.165) is 16.7 Å². The number of nitrogens with zero attached hydrogens (tertiary/aromatic N) is 1. The van der Waals surface area contributed by atoms with Gasteiger partial charge in [0.15, 0.2) is 0 Å². The Hall–Kier alpha value is -3.43. The molecule has 0 spiro atoms. The van der Waals surface area contributed by atoms with Crippen LogP contribution in [0.15, 0.2) is 70.2 Å². The van der Waals surface area contributed by atoms with E-state index in [1.54, 1.807) is 37.3 Å². The average molecular weight is 482 g/mol. The van der Waals surface area contributed by atoms with Crippen LogP contribution in [-0.4, -0.2) is 31.1 Å². The van der Waals surface area contributed by atoms with E-state index in [-0.39, 0.29) is 41.9 Å². The predicted octanol–water partition coefficient (Wildman–Crippen LogP) is 3.54. The molecule has 9 heteroatoms. The average Bonchev–Trinajstić information content (AvgIpc) is 3.32. The summed E-state index contributed by atoms with van der Waals surface area (Å²) in [5.41, 5.74) is 2.79. The van der Waals surface area contributed by atoms with Gasteiger partial charge in [-0.05, 0) is 54.3 Å². The number of fused-ring (bicyclic) bond motifs is 1. The highest BCUT2D eigenvalue weighted by atomic mass is 32.2. The summed E-state index contributed by atoms with van der Waals surface area (Å²) in [6.07, 6.45) is 2.02. The zero-order valence-electron chi connectivity index (χ0n) is 19.1. The van der Waals surface area contributed by atoms with Crippen molar-refractivity contribution < 1.29 is 22.4 Å². The number of carbonyl (C=O) groups excluding carboxylic acids is 2. The van der Waals surface area contributed by atoms with Crippen molar-refractivity contribution in [2.75, 3.05) is 11.9 Å². The van der Waals surface area contributed by atoms with Crippen molar-refractivity contribution in [1.82, 2.24) is 9.62 Å². The van der Waals surface area contributed by atoms with Crippen molar-refractivity contribution in [2.45, 2.75) is 44.2 Å². The summed E-state index contributed by atoms with van der Waals surface area (Å²) in [5, 5.41) is 5.43. The number of rotatable bonds is 7. The minimum absolute atomic E-state index is 0.0167. The summed E-state index contributed by atoms with van der Waals surface area (Å²) in [6, 6.07) is 15.3. The molecule has 8 nitrogen and oxygen atoms in total. The molecule has 2 amide bonds. The highest BCUT2D eigenvalue weighted by molar-refractivity contribution is 7.89. The van der Waals surface area contributed by atoms with Crippen molar-refractivity contribution in [2.24, 2.45) is 0 Å². The quantitative estimate of drug-likeness (QED) is 0.537. The zero-order chi connectivity index (χ0) is 24.3. The van der Waals surface area contributed by atoms with E-state index in [2.05, 4.69) is 10.6 Å². The summed E-state index contributed by atoms with van der Waals surface area (Å²) in [7, 11) is -4.04. The number of anilines is 1. The molecule has 4 rings (SSSR count). The van der Waals surface area contributed by atoms with E-state index in [1.807, 2.05) is 24.3 Å². The standard InChI is InChI=1S/C25H27N3O5S/c1-17-9-10-22(27-18(2)29)24(14-17)34(31,32)28-12-11-19-6-3-4-8-21(19)23(28)15-25(30)26-16-20-7-5-13-33-20/h3-10,13-14,23H,11-12,15-16H2,1-2H3,(H,26,30)(H,27,29). The third-order valence-electron chi connectivity index (χ3n) is 5.82. The van der Waals surface area contributed by atoms with E-state index in [0.29, 0.717) is 12.2 Å². The summed E-state index contributed by atoms with van der Waals surface area (Å²) >= 11 is 0. The Bertz CT molecular complexity index is 1300. The van der Waals surface area contributed by atoms with Crippen LogP contribution >= 0.6 is 0 Å². The molecule has 2 heterocycles. The Kier molecular flexibility index (Phi) is 6.85. The minimum atomic E-state index is -4.04. The normalized spacial score (nSPS) is 16.0. The lowest BCUT2D eigenvalue weighted by molar-refractivity contribution is -0.122. The number of carbonyl (C=O) groups is 2. The molecule has 1 unspecified atom stereocenters. The SMILES string of the molecule is CC(=O)Nc1ccc(C)cc1S(=O)(=O)N1CCc2ccccc2C1CC(=O)NCc1ccco1. The summed E-state index contributed by atoms with van der Waals surface area (Å²) in [6.45, 7) is 3.57. The second kappa shape index (κ2) is 9.82. The number of benzene rings is 2. The molecule has 0 aliphatic carbocycles. The van der Waals surface area contributed by atoms with Crippen LogP contribution in [0.1, 0.15) is 41.8 Å². The Balaban J connectivity index is 1.68. The van der Waals surface area contributed by atoms with E-state index >= 15 is 0 Å². The molecule has 2 N–H and O–H groups in total. The first-order chi connectivity index (χ1) is 16.3. The van der Waals surface area contributed by atoms with Crippen LogP contribution in [0.3, 0.4) is 0 Å². The number of amides is 2. The molecule has 178 valence electrons. The van der Waals surface area contributed by atoms with Gasteiger partial charge in [-0.1, -0.05) is 30.3 Å². The molecule has 1 aliphatic heterocycles. The van der Waals surface area contributed by atoms with Gasteiger partial charge in [0.2, 0.25) is 21.8 Å². The fourth-order valence-corrected chi connectivity index (χ4v) is 6.08. The second-order valence-electron chi connectivity index (χ2n) is 8.32. The van der Waals surface area contributed by atoms with Gasteiger partial charge in [-0.3, -0.25) is 9.59 Å². The van der Waals surface area contributed by atoms with Crippen molar-refractivity contribution >= 4 is 27.5 Å². The highest BCUT2D eigenvalue weighted by Crippen LogP contribution is 2.38. The molecule has 34 heavy (non-hydrogen) atoms. The number of nitrogens with one attached hydrogen (secondary N) is 2. The molecule has 0 bridgehead atoms. The predicted molar refractivity (Wildman–Crippen MR) is 127 cm³/mol. The molecular weight excluding hydrogens is 454 g/mol. The molecule has 2 aromatic carbocycles. The molecular formula is C25H27N3O5S. The minimum Gasteiger partial charge on any atom is -0.467 e. The fraction of sp³-hybridized carbons (Fsp3) is 0.280. The fourth-order valence-electron chi connectivity index (χ4n) is 4.24. The van der Waals surface area contributed by atoms with Crippen LogP contribution in [0.2, 0.25) is 0 Å². The van der Waals surface area contributed by atoms with E-state index in [9.17, 15) is 18.0 Å². The van der Waals surface area contributed by atoms with Crippen LogP contribution in [0.4, 0.5) is 5.69 Å². The maximum absolute atomic E-state index is 13.9. The van der Waals surface area contributed by atoms with Crippen LogP contribution in [0.25, 0.3) is 0 Å². The first-order valence-electron chi connectivity index (χ1n) is 11.0. The Morgan fingerprint density at radius 2 is 1.91 bits per heavy atom. The van der Waals surface area contributed by atoms with Crippen LogP contribution in [-0.2, 0) is 32.6 Å².